The molecule has 0 nitrogen and oxygen atoms in total. The highest BCUT2D eigenvalue weighted by molar-refractivity contribution is 8.69. The molecule has 0 N–H and O–H groups in total. The van der Waals surface area contributed by atoms with Crippen molar-refractivity contribution in [3.05, 3.63) is 16.5 Å². The molecule has 1 rings (SSSR count). The Bertz CT molecular complexity index is 172. The molecule has 0 spiro atoms. The summed E-state index contributed by atoms with van der Waals surface area (Å²) in [6.45, 7) is 0. The Hall–Kier alpha value is 0.690. The lowest BCUT2D eigenvalue weighted by atomic mass is 10.7. The van der Waals surface area contributed by atoms with Crippen LogP contribution in [0, 0.1) is 0 Å². The Labute approximate surface area is 66.1 Å². The van der Waals surface area contributed by atoms with Crippen LogP contribution in [0.4, 0.5) is 0 Å². The molecule has 0 saturated heterocycles. The predicted octanol–water partition coefficient (Wildman–Crippen LogP) is 3.34. The highest BCUT2D eigenvalue weighted by Gasteiger charge is 1.96. The van der Waals surface area contributed by atoms with Crippen LogP contribution in [-0.4, -0.2) is 0 Å². The van der Waals surface area contributed by atoms with E-state index < -0.39 is 0 Å². The van der Waals surface area contributed by atoms with Crippen molar-refractivity contribution in [2.24, 2.45) is 0 Å². The van der Waals surface area contributed by atoms with Crippen molar-refractivity contribution in [3.8, 4) is 0 Å². The zero-order valence-electron chi connectivity index (χ0n) is 3.80. The molecule has 8 heavy (non-hydrogen) atoms. The summed E-state index contributed by atoms with van der Waals surface area (Å²) in [7, 11) is 1.38. The second-order valence-corrected chi connectivity index (χ2v) is 3.87. The number of thiophene rings is 1. The van der Waals surface area contributed by atoms with E-state index in [4.69, 9.17) is 11.6 Å². The van der Waals surface area contributed by atoms with Gasteiger partial charge < -0.3 is 0 Å². The highest BCUT2D eigenvalue weighted by Crippen LogP contribution is 2.33. The molecule has 0 aromatic carbocycles. The van der Waals surface area contributed by atoms with E-state index >= 15 is 0 Å². The van der Waals surface area contributed by atoms with Gasteiger partial charge in [0.1, 0.15) is 0 Å². The summed E-state index contributed by atoms with van der Waals surface area (Å²) in [4.78, 5) is 0. The zero-order valence-corrected chi connectivity index (χ0v) is 7.08. The van der Waals surface area contributed by atoms with Gasteiger partial charge in [-0.3, -0.25) is 0 Å². The van der Waals surface area contributed by atoms with Crippen molar-refractivity contribution in [2.45, 2.75) is 4.21 Å². The van der Waals surface area contributed by atoms with Crippen LogP contribution in [-0.2, 0) is 0 Å². The minimum absolute atomic E-state index is 0.801. The average Bonchev–Trinajstić information content (AvgIpc) is 2.14. The summed E-state index contributed by atoms with van der Waals surface area (Å²) < 4.78 is 1.06. The number of halogens is 1. The maximum Gasteiger partial charge on any atom is 0.0889 e. The lowest BCUT2D eigenvalue weighted by molar-refractivity contribution is 1.75. The number of rotatable bonds is 1. The summed E-state index contributed by atoms with van der Waals surface area (Å²) in [6, 6.07) is 1.87. The van der Waals surface area contributed by atoms with Crippen molar-refractivity contribution >= 4 is 45.4 Å². The van der Waals surface area contributed by atoms with Gasteiger partial charge in [-0.05, 0) is 22.2 Å². The number of hydrogen-bond donors (Lipinski definition) is 1. The van der Waals surface area contributed by atoms with E-state index in [0.717, 1.165) is 9.23 Å². The van der Waals surface area contributed by atoms with Gasteiger partial charge in [-0.15, -0.1) is 23.0 Å². The van der Waals surface area contributed by atoms with Crippen LogP contribution < -0.4 is 0 Å². The molecule has 1 aromatic heterocycles. The minimum atomic E-state index is 0.801. The summed E-state index contributed by atoms with van der Waals surface area (Å²) in [6.07, 6.45) is 0. The quantitative estimate of drug-likeness (QED) is 0.514. The van der Waals surface area contributed by atoms with Crippen molar-refractivity contribution < 1.29 is 0 Å². The maximum atomic E-state index is 5.68. The highest BCUT2D eigenvalue weighted by atomic mass is 35.5. The van der Waals surface area contributed by atoms with Gasteiger partial charge >= 0.3 is 0 Å². The molecule has 1 heterocycles. The molecule has 0 aliphatic carbocycles. The molecule has 0 radical (unpaired) electrons. The number of thiol groups is 1. The third kappa shape index (κ3) is 1.35. The van der Waals surface area contributed by atoms with Gasteiger partial charge in [0.05, 0.1) is 9.23 Å². The van der Waals surface area contributed by atoms with Crippen LogP contribution in [0.15, 0.2) is 15.7 Å². The largest absolute Gasteiger partial charge is 0.135 e. The minimum Gasteiger partial charge on any atom is -0.135 e. The van der Waals surface area contributed by atoms with Crippen LogP contribution in [0.5, 0.6) is 0 Å². The Morgan fingerprint density at radius 1 is 1.75 bits per heavy atom. The molecule has 0 aliphatic rings. The zero-order chi connectivity index (χ0) is 5.98. The third-order valence-corrected chi connectivity index (χ3v) is 3.76. The third-order valence-electron chi connectivity index (χ3n) is 0.667. The van der Waals surface area contributed by atoms with Gasteiger partial charge in [-0.2, -0.15) is 0 Å². The lowest BCUT2D eigenvalue weighted by Crippen LogP contribution is -1.49. The number of hydrogen-bond acceptors (Lipinski definition) is 3. The Morgan fingerprint density at radius 3 is 2.75 bits per heavy atom. The summed E-state index contributed by atoms with van der Waals surface area (Å²) >= 11 is 11.3. The first-order chi connectivity index (χ1) is 3.84. The van der Waals surface area contributed by atoms with E-state index in [-0.39, 0.29) is 0 Å². The van der Waals surface area contributed by atoms with Crippen molar-refractivity contribution in [2.75, 3.05) is 0 Å². The van der Waals surface area contributed by atoms with Crippen molar-refractivity contribution in [1.29, 1.82) is 0 Å². The van der Waals surface area contributed by atoms with Gasteiger partial charge in [0.2, 0.25) is 0 Å². The molecule has 0 fully saturated rings. The van der Waals surface area contributed by atoms with E-state index in [1.807, 2.05) is 11.4 Å². The molecule has 0 atom stereocenters. The second-order valence-electron chi connectivity index (χ2n) is 1.15. The fourth-order valence-corrected chi connectivity index (χ4v) is 2.58. The lowest BCUT2D eigenvalue weighted by Gasteiger charge is -1.83. The molecule has 0 aliphatic heterocycles. The van der Waals surface area contributed by atoms with Gasteiger partial charge in [0.25, 0.3) is 0 Å². The average molecular weight is 183 g/mol. The Balaban J connectivity index is 2.92. The fourth-order valence-electron chi connectivity index (χ4n) is 0.345. The SMILES string of the molecule is SSc1sccc1Cl. The van der Waals surface area contributed by atoms with Gasteiger partial charge in [-0.1, -0.05) is 11.6 Å². The molecular weight excluding hydrogens is 180 g/mol. The van der Waals surface area contributed by atoms with Crippen molar-refractivity contribution in [3.63, 3.8) is 0 Å². The Morgan fingerprint density at radius 2 is 2.50 bits per heavy atom. The first kappa shape index (κ1) is 6.81. The van der Waals surface area contributed by atoms with E-state index in [1.54, 1.807) is 11.3 Å². The van der Waals surface area contributed by atoms with E-state index in [0.29, 0.717) is 0 Å². The van der Waals surface area contributed by atoms with Gasteiger partial charge in [0, 0.05) is 0 Å². The smallest absolute Gasteiger partial charge is 0.0889 e. The predicted molar refractivity (Wildman–Crippen MR) is 44.2 cm³/mol. The summed E-state index contributed by atoms with van der Waals surface area (Å²) in [5, 5.41) is 2.75. The molecule has 1 aromatic rings. The second kappa shape index (κ2) is 3.01. The first-order valence-corrected chi connectivity index (χ1v) is 5.01. The Kier molecular flexibility index (Phi) is 2.56. The van der Waals surface area contributed by atoms with E-state index in [1.165, 1.54) is 10.8 Å². The molecule has 4 heteroatoms. The normalized spacial score (nSPS) is 9.75. The van der Waals surface area contributed by atoms with Gasteiger partial charge in [0.15, 0.2) is 0 Å². The summed E-state index contributed by atoms with van der Waals surface area (Å²) in [5.74, 6) is 0. The molecular formula is C4H3ClS3. The van der Waals surface area contributed by atoms with Crippen LogP contribution in [0.2, 0.25) is 5.02 Å². The molecule has 0 amide bonds. The van der Waals surface area contributed by atoms with Crippen LogP contribution in [0.1, 0.15) is 0 Å². The van der Waals surface area contributed by atoms with Crippen LogP contribution >= 0.6 is 45.4 Å². The van der Waals surface area contributed by atoms with Crippen LogP contribution in [0.3, 0.4) is 0 Å². The monoisotopic (exact) mass is 182 g/mol. The van der Waals surface area contributed by atoms with E-state index in [9.17, 15) is 0 Å². The van der Waals surface area contributed by atoms with Gasteiger partial charge in [-0.25, -0.2) is 0 Å². The van der Waals surface area contributed by atoms with Crippen LogP contribution in [0.25, 0.3) is 0 Å². The molecule has 0 unspecified atom stereocenters. The first-order valence-electron chi connectivity index (χ1n) is 1.89. The molecule has 0 bridgehead atoms. The molecule has 0 saturated carbocycles. The summed E-state index contributed by atoms with van der Waals surface area (Å²) in [5.41, 5.74) is 0. The molecule has 44 valence electrons. The maximum absolute atomic E-state index is 5.68. The van der Waals surface area contributed by atoms with E-state index in [2.05, 4.69) is 11.7 Å². The van der Waals surface area contributed by atoms with Crippen molar-refractivity contribution in [1.82, 2.24) is 0 Å². The fraction of sp³-hybridized carbons (Fsp3) is 0. The standard InChI is InChI=1S/C4H3ClS3/c5-3-1-2-7-4(3)8-6/h1-2,6H. The topological polar surface area (TPSA) is 0 Å².